The van der Waals surface area contributed by atoms with Crippen molar-refractivity contribution in [2.75, 3.05) is 18.8 Å². The van der Waals surface area contributed by atoms with Gasteiger partial charge in [0.25, 0.3) is 0 Å². The Balaban J connectivity index is 1.55. The van der Waals surface area contributed by atoms with Crippen LogP contribution < -0.4 is 19.5 Å². The topological polar surface area (TPSA) is 114 Å². The Hall–Kier alpha value is -2.62. The zero-order valence-corrected chi connectivity index (χ0v) is 19.6. The van der Waals surface area contributed by atoms with E-state index in [9.17, 15) is 18.3 Å². The van der Waals surface area contributed by atoms with Gasteiger partial charge in [0, 0.05) is 0 Å². The molecule has 1 atom stereocenters. The minimum absolute atomic E-state index is 0.0453. The third-order valence-electron chi connectivity index (χ3n) is 5.40. The van der Waals surface area contributed by atoms with Crippen LogP contribution in [0.5, 0.6) is 17.2 Å². The maximum Gasteiger partial charge on any atom is 0.322 e. The van der Waals surface area contributed by atoms with E-state index in [1.54, 1.807) is 24.3 Å². The molecule has 180 valence electrons. The maximum absolute atomic E-state index is 12.1. The van der Waals surface area contributed by atoms with Crippen molar-refractivity contribution >= 4 is 16.0 Å². The summed E-state index contributed by atoms with van der Waals surface area (Å²) in [5, 5.41) is 12.7. The van der Waals surface area contributed by atoms with Gasteiger partial charge < -0.3 is 19.9 Å². The Morgan fingerprint density at radius 1 is 1.06 bits per heavy atom. The van der Waals surface area contributed by atoms with Crippen molar-refractivity contribution in [1.82, 2.24) is 10.0 Å². The van der Waals surface area contributed by atoms with Crippen LogP contribution >= 0.6 is 0 Å². The van der Waals surface area contributed by atoms with E-state index in [4.69, 9.17) is 9.47 Å². The molecule has 2 aromatic rings. The van der Waals surface area contributed by atoms with Crippen LogP contribution in [0.15, 0.2) is 48.5 Å². The van der Waals surface area contributed by atoms with Crippen molar-refractivity contribution in [2.24, 2.45) is 0 Å². The monoisotopic (exact) mass is 476 g/mol. The lowest BCUT2D eigenvalue weighted by Crippen LogP contribution is -2.43. The number of carboxylic acid groups (broad SMARTS) is 1. The third kappa shape index (κ3) is 8.34. The molecule has 1 heterocycles. The number of unbranched alkanes of at least 4 members (excludes halogenated alkanes) is 1. The number of carboxylic acids is 1. The Labute approximate surface area is 195 Å². The zero-order chi connectivity index (χ0) is 23.7. The highest BCUT2D eigenvalue weighted by atomic mass is 32.2. The average molecular weight is 477 g/mol. The molecule has 1 aliphatic rings. The largest absolute Gasteiger partial charge is 0.490 e. The van der Waals surface area contributed by atoms with Gasteiger partial charge in [0.1, 0.15) is 29.4 Å². The second kappa shape index (κ2) is 12.0. The van der Waals surface area contributed by atoms with Gasteiger partial charge in [-0.1, -0.05) is 25.5 Å². The predicted octanol–water partition coefficient (Wildman–Crippen LogP) is 3.32. The smallest absolute Gasteiger partial charge is 0.322 e. The van der Waals surface area contributed by atoms with Crippen LogP contribution in [0, 0.1) is 0 Å². The van der Waals surface area contributed by atoms with Crippen LogP contribution in [0.25, 0.3) is 0 Å². The molecule has 3 N–H and O–H groups in total. The van der Waals surface area contributed by atoms with E-state index in [0.717, 1.165) is 31.7 Å². The van der Waals surface area contributed by atoms with Crippen LogP contribution in [-0.4, -0.2) is 50.5 Å². The zero-order valence-electron chi connectivity index (χ0n) is 18.8. The predicted molar refractivity (Wildman–Crippen MR) is 126 cm³/mol. The standard InChI is InChI=1S/C24H32N2O6S/c1-2-3-16-33(29,30)26-23(24(27)28)17-18-4-6-19(7-5-18)31-20-8-10-21(11-9-20)32-22-12-14-25-15-13-22/h4-11,22-23,25-26H,2-3,12-17H2,1H3,(H,27,28). The molecule has 0 spiro atoms. The summed E-state index contributed by atoms with van der Waals surface area (Å²) in [4.78, 5) is 11.6. The first-order valence-corrected chi connectivity index (χ1v) is 13.0. The molecule has 2 aromatic carbocycles. The van der Waals surface area contributed by atoms with Crippen molar-refractivity contribution < 1.29 is 27.8 Å². The van der Waals surface area contributed by atoms with E-state index < -0.39 is 22.0 Å². The summed E-state index contributed by atoms with van der Waals surface area (Å²) in [6, 6.07) is 13.2. The van der Waals surface area contributed by atoms with Gasteiger partial charge in [0.15, 0.2) is 0 Å². The van der Waals surface area contributed by atoms with Crippen molar-refractivity contribution in [3.8, 4) is 17.2 Å². The molecule has 3 rings (SSSR count). The summed E-state index contributed by atoms with van der Waals surface area (Å²) in [5.74, 6) is 0.781. The molecule has 8 nitrogen and oxygen atoms in total. The molecular formula is C24H32N2O6S. The number of rotatable bonds is 12. The number of ether oxygens (including phenoxy) is 2. The number of hydrogen-bond acceptors (Lipinski definition) is 6. The van der Waals surface area contributed by atoms with Crippen LogP contribution in [0.2, 0.25) is 0 Å². The minimum Gasteiger partial charge on any atom is -0.490 e. The molecule has 1 unspecified atom stereocenters. The molecule has 33 heavy (non-hydrogen) atoms. The number of carbonyl (C=O) groups is 1. The van der Waals surface area contributed by atoms with E-state index in [0.29, 0.717) is 29.9 Å². The van der Waals surface area contributed by atoms with E-state index in [2.05, 4.69) is 10.0 Å². The molecule has 0 radical (unpaired) electrons. The summed E-state index contributed by atoms with van der Waals surface area (Å²) in [5.41, 5.74) is 0.693. The third-order valence-corrected chi connectivity index (χ3v) is 6.87. The normalized spacial score (nSPS) is 15.7. The van der Waals surface area contributed by atoms with Gasteiger partial charge in [-0.2, -0.15) is 0 Å². The summed E-state index contributed by atoms with van der Waals surface area (Å²) < 4.78 is 38.3. The van der Waals surface area contributed by atoms with Crippen molar-refractivity contribution in [1.29, 1.82) is 0 Å². The van der Waals surface area contributed by atoms with Crippen LogP contribution in [-0.2, 0) is 21.2 Å². The van der Waals surface area contributed by atoms with Crippen molar-refractivity contribution in [3.05, 3.63) is 54.1 Å². The lowest BCUT2D eigenvalue weighted by molar-refractivity contribution is -0.138. The van der Waals surface area contributed by atoms with E-state index >= 15 is 0 Å². The highest BCUT2D eigenvalue weighted by molar-refractivity contribution is 7.89. The highest BCUT2D eigenvalue weighted by Crippen LogP contribution is 2.25. The summed E-state index contributed by atoms with van der Waals surface area (Å²) in [7, 11) is -3.64. The first-order valence-electron chi connectivity index (χ1n) is 11.3. The average Bonchev–Trinajstić information content (AvgIpc) is 2.80. The van der Waals surface area contributed by atoms with Crippen LogP contribution in [0.3, 0.4) is 0 Å². The van der Waals surface area contributed by atoms with Crippen molar-refractivity contribution in [2.45, 2.75) is 51.2 Å². The lowest BCUT2D eigenvalue weighted by atomic mass is 10.1. The van der Waals surface area contributed by atoms with Gasteiger partial charge >= 0.3 is 5.97 Å². The van der Waals surface area contributed by atoms with E-state index in [1.807, 2.05) is 31.2 Å². The molecule has 0 aliphatic carbocycles. The molecule has 0 aromatic heterocycles. The minimum atomic E-state index is -3.64. The second-order valence-corrected chi connectivity index (χ2v) is 10.0. The summed E-state index contributed by atoms with van der Waals surface area (Å²) in [6.45, 7) is 3.82. The Kier molecular flexibility index (Phi) is 9.11. The fraction of sp³-hybridized carbons (Fsp3) is 0.458. The van der Waals surface area contributed by atoms with Crippen LogP contribution in [0.1, 0.15) is 38.2 Å². The molecule has 0 bridgehead atoms. The lowest BCUT2D eigenvalue weighted by Gasteiger charge is -2.23. The number of benzene rings is 2. The van der Waals surface area contributed by atoms with Gasteiger partial charge in [0.2, 0.25) is 10.0 Å². The molecule has 9 heteroatoms. The van der Waals surface area contributed by atoms with Gasteiger partial charge in [-0.05, 0) is 80.7 Å². The second-order valence-electron chi connectivity index (χ2n) is 8.17. The Morgan fingerprint density at radius 2 is 1.64 bits per heavy atom. The fourth-order valence-corrected chi connectivity index (χ4v) is 4.95. The Morgan fingerprint density at radius 3 is 2.21 bits per heavy atom. The molecular weight excluding hydrogens is 444 g/mol. The number of nitrogens with one attached hydrogen (secondary N) is 2. The SMILES string of the molecule is CCCCS(=O)(=O)NC(Cc1ccc(Oc2ccc(OC3CCNCC3)cc2)cc1)C(=O)O. The fourth-order valence-electron chi connectivity index (χ4n) is 3.55. The molecule has 0 saturated carbocycles. The number of piperidine rings is 1. The van der Waals surface area contributed by atoms with Gasteiger partial charge in [-0.25, -0.2) is 13.1 Å². The molecule has 1 saturated heterocycles. The highest BCUT2D eigenvalue weighted by Gasteiger charge is 2.24. The first-order chi connectivity index (χ1) is 15.8. The summed E-state index contributed by atoms with van der Waals surface area (Å²) in [6.07, 6.45) is 3.47. The molecule has 1 aliphatic heterocycles. The number of sulfonamides is 1. The quantitative estimate of drug-likeness (QED) is 0.431. The van der Waals surface area contributed by atoms with E-state index in [1.165, 1.54) is 0 Å². The van der Waals surface area contributed by atoms with Gasteiger partial charge in [-0.15, -0.1) is 0 Å². The van der Waals surface area contributed by atoms with Gasteiger partial charge in [-0.3, -0.25) is 4.79 Å². The van der Waals surface area contributed by atoms with Gasteiger partial charge in [0.05, 0.1) is 5.75 Å². The number of aliphatic carboxylic acids is 1. The summed E-state index contributed by atoms with van der Waals surface area (Å²) >= 11 is 0. The van der Waals surface area contributed by atoms with Crippen molar-refractivity contribution in [3.63, 3.8) is 0 Å². The Bertz CT molecular complexity index is 987. The van der Waals surface area contributed by atoms with E-state index in [-0.39, 0.29) is 18.3 Å². The van der Waals surface area contributed by atoms with Crippen LogP contribution in [0.4, 0.5) is 0 Å². The molecule has 1 fully saturated rings. The first kappa shape index (κ1) is 25.0. The maximum atomic E-state index is 12.1. The number of hydrogen-bond donors (Lipinski definition) is 3. The molecule has 0 amide bonds.